The molecule has 0 bridgehead atoms. The smallest absolute Gasteiger partial charge is 0.233 e. The second kappa shape index (κ2) is 8.22. The summed E-state index contributed by atoms with van der Waals surface area (Å²) in [6.45, 7) is 6.07. The van der Waals surface area contributed by atoms with Crippen molar-refractivity contribution in [1.82, 2.24) is 5.32 Å². The Morgan fingerprint density at radius 2 is 1.90 bits per heavy atom. The first kappa shape index (κ1) is 17.8. The van der Waals surface area contributed by atoms with Crippen LogP contribution in [-0.2, 0) is 11.2 Å². The highest BCUT2D eigenvalue weighted by Crippen LogP contribution is 2.21. The van der Waals surface area contributed by atoms with Crippen molar-refractivity contribution in [2.75, 3.05) is 12.3 Å². The number of carbonyl (C=O) groups is 1. The molecule has 1 aromatic rings. The first-order valence-corrected chi connectivity index (χ1v) is 7.97. The molecule has 0 heterocycles. The Morgan fingerprint density at radius 1 is 1.33 bits per heavy atom. The Labute approximate surface area is 128 Å². The van der Waals surface area contributed by atoms with E-state index in [0.29, 0.717) is 0 Å². The molecule has 0 fully saturated rings. The SMILES string of the molecule is CCSC(C(=O)NCCc1c(F)cc(O)cc1F)C(C)C. The molecule has 6 heteroatoms. The molecule has 3 nitrogen and oxygen atoms in total. The first-order valence-electron chi connectivity index (χ1n) is 6.93. The molecule has 0 aliphatic carbocycles. The van der Waals surface area contributed by atoms with Crippen molar-refractivity contribution in [3.05, 3.63) is 29.3 Å². The van der Waals surface area contributed by atoms with Gasteiger partial charge in [0.15, 0.2) is 0 Å². The van der Waals surface area contributed by atoms with E-state index in [1.807, 2.05) is 20.8 Å². The highest BCUT2D eigenvalue weighted by atomic mass is 32.2. The molecule has 2 N–H and O–H groups in total. The molecule has 0 aliphatic rings. The number of carbonyl (C=O) groups excluding carboxylic acids is 1. The maximum absolute atomic E-state index is 13.5. The maximum atomic E-state index is 13.5. The van der Waals surface area contributed by atoms with Crippen molar-refractivity contribution in [3.8, 4) is 5.75 Å². The summed E-state index contributed by atoms with van der Waals surface area (Å²) in [5.41, 5.74) is -0.127. The molecule has 118 valence electrons. The van der Waals surface area contributed by atoms with Gasteiger partial charge < -0.3 is 10.4 Å². The van der Waals surface area contributed by atoms with E-state index in [1.54, 1.807) is 11.8 Å². The van der Waals surface area contributed by atoms with E-state index in [2.05, 4.69) is 5.32 Å². The van der Waals surface area contributed by atoms with Crippen molar-refractivity contribution >= 4 is 17.7 Å². The highest BCUT2D eigenvalue weighted by molar-refractivity contribution is 8.00. The fourth-order valence-corrected chi connectivity index (χ4v) is 2.97. The highest BCUT2D eigenvalue weighted by Gasteiger charge is 2.21. The monoisotopic (exact) mass is 317 g/mol. The van der Waals surface area contributed by atoms with Gasteiger partial charge in [0.2, 0.25) is 5.91 Å². The van der Waals surface area contributed by atoms with Crippen LogP contribution in [-0.4, -0.2) is 28.6 Å². The van der Waals surface area contributed by atoms with Gasteiger partial charge in [-0.3, -0.25) is 4.79 Å². The number of aromatic hydroxyl groups is 1. The van der Waals surface area contributed by atoms with Gasteiger partial charge in [0.25, 0.3) is 0 Å². The molecule has 1 atom stereocenters. The molecular formula is C15H21F2NO2S. The van der Waals surface area contributed by atoms with Crippen molar-refractivity contribution in [2.24, 2.45) is 5.92 Å². The van der Waals surface area contributed by atoms with Crippen LogP contribution in [0.3, 0.4) is 0 Å². The lowest BCUT2D eigenvalue weighted by Gasteiger charge is -2.19. The lowest BCUT2D eigenvalue weighted by molar-refractivity contribution is -0.121. The second-order valence-electron chi connectivity index (χ2n) is 5.05. The van der Waals surface area contributed by atoms with Gasteiger partial charge in [0, 0.05) is 24.2 Å². The third-order valence-corrected chi connectivity index (χ3v) is 4.46. The summed E-state index contributed by atoms with van der Waals surface area (Å²) < 4.78 is 27.1. The Kier molecular flexibility index (Phi) is 6.95. The average Bonchev–Trinajstić information content (AvgIpc) is 2.38. The van der Waals surface area contributed by atoms with E-state index in [0.717, 1.165) is 17.9 Å². The summed E-state index contributed by atoms with van der Waals surface area (Å²) in [5, 5.41) is 11.6. The lowest BCUT2D eigenvalue weighted by Crippen LogP contribution is -2.37. The zero-order valence-corrected chi connectivity index (χ0v) is 13.3. The van der Waals surface area contributed by atoms with Crippen LogP contribution in [0.1, 0.15) is 26.3 Å². The molecule has 21 heavy (non-hydrogen) atoms. The van der Waals surface area contributed by atoms with E-state index in [9.17, 15) is 13.6 Å². The van der Waals surface area contributed by atoms with Crippen LogP contribution in [0.4, 0.5) is 8.78 Å². The summed E-state index contributed by atoms with van der Waals surface area (Å²) in [6, 6.07) is 1.73. The number of phenolic OH excluding ortho intramolecular Hbond substituents is 1. The standard InChI is InChI=1S/C15H21F2NO2S/c1-4-21-14(9(2)3)15(20)18-6-5-11-12(16)7-10(19)8-13(11)17/h7-9,14,19H,4-6H2,1-3H3,(H,18,20). The van der Waals surface area contributed by atoms with Crippen molar-refractivity contribution in [3.63, 3.8) is 0 Å². The summed E-state index contributed by atoms with van der Waals surface area (Å²) >= 11 is 1.55. The fourth-order valence-electron chi connectivity index (χ4n) is 1.99. The second-order valence-corrected chi connectivity index (χ2v) is 6.47. The van der Waals surface area contributed by atoms with Crippen molar-refractivity contribution < 1.29 is 18.7 Å². The minimum Gasteiger partial charge on any atom is -0.508 e. The number of thioether (sulfide) groups is 1. The molecule has 1 amide bonds. The normalized spacial score (nSPS) is 12.5. The third-order valence-electron chi connectivity index (χ3n) is 3.01. The molecular weight excluding hydrogens is 296 g/mol. The molecule has 0 saturated heterocycles. The van der Waals surface area contributed by atoms with E-state index in [4.69, 9.17) is 5.11 Å². The van der Waals surface area contributed by atoms with Gasteiger partial charge in [-0.1, -0.05) is 20.8 Å². The number of amides is 1. The maximum Gasteiger partial charge on any atom is 0.233 e. The van der Waals surface area contributed by atoms with Crippen LogP contribution in [0.5, 0.6) is 5.75 Å². The number of nitrogens with one attached hydrogen (secondary N) is 1. The largest absolute Gasteiger partial charge is 0.508 e. The van der Waals surface area contributed by atoms with Crippen LogP contribution in [0.15, 0.2) is 12.1 Å². The molecule has 1 rings (SSSR count). The Morgan fingerprint density at radius 3 is 2.38 bits per heavy atom. The van der Waals surface area contributed by atoms with Gasteiger partial charge in [-0.2, -0.15) is 0 Å². The Balaban J connectivity index is 2.59. The van der Waals surface area contributed by atoms with Gasteiger partial charge >= 0.3 is 0 Å². The quantitative estimate of drug-likeness (QED) is 0.812. The number of benzene rings is 1. The van der Waals surface area contributed by atoms with Crippen LogP contribution in [0, 0.1) is 17.6 Å². The number of phenols is 1. The van der Waals surface area contributed by atoms with E-state index in [-0.39, 0.29) is 35.6 Å². The van der Waals surface area contributed by atoms with E-state index >= 15 is 0 Å². The number of halogens is 2. The van der Waals surface area contributed by atoms with Gasteiger partial charge in [0.1, 0.15) is 17.4 Å². The van der Waals surface area contributed by atoms with Gasteiger partial charge in [0.05, 0.1) is 5.25 Å². The zero-order valence-electron chi connectivity index (χ0n) is 12.5. The minimum atomic E-state index is -0.801. The number of hydrogen-bond acceptors (Lipinski definition) is 3. The third kappa shape index (κ3) is 5.19. The van der Waals surface area contributed by atoms with E-state index < -0.39 is 17.4 Å². The van der Waals surface area contributed by atoms with Crippen LogP contribution in [0.2, 0.25) is 0 Å². The summed E-state index contributed by atoms with van der Waals surface area (Å²) in [4.78, 5) is 12.0. The van der Waals surface area contributed by atoms with E-state index in [1.165, 1.54) is 0 Å². The average molecular weight is 317 g/mol. The van der Waals surface area contributed by atoms with Crippen LogP contribution < -0.4 is 5.32 Å². The lowest BCUT2D eigenvalue weighted by atomic mass is 10.1. The summed E-state index contributed by atoms with van der Waals surface area (Å²) in [6.07, 6.45) is 0.0469. The van der Waals surface area contributed by atoms with Gasteiger partial charge in [-0.15, -0.1) is 11.8 Å². The molecule has 0 aliphatic heterocycles. The molecule has 0 radical (unpaired) electrons. The van der Waals surface area contributed by atoms with Gasteiger partial charge in [-0.05, 0) is 18.1 Å². The molecule has 0 spiro atoms. The molecule has 1 unspecified atom stereocenters. The summed E-state index contributed by atoms with van der Waals surface area (Å²) in [7, 11) is 0. The molecule has 1 aromatic carbocycles. The van der Waals surface area contributed by atoms with Crippen molar-refractivity contribution in [1.29, 1.82) is 0 Å². The Bertz CT molecular complexity index is 472. The zero-order chi connectivity index (χ0) is 16.0. The number of rotatable bonds is 7. The minimum absolute atomic E-state index is 0.0469. The predicted octanol–water partition coefficient (Wildman–Crippen LogP) is 3.11. The Hall–Kier alpha value is -1.30. The topological polar surface area (TPSA) is 49.3 Å². The van der Waals surface area contributed by atoms with Crippen LogP contribution in [0.25, 0.3) is 0 Å². The molecule has 0 saturated carbocycles. The molecule has 0 aromatic heterocycles. The van der Waals surface area contributed by atoms with Crippen LogP contribution >= 0.6 is 11.8 Å². The number of hydrogen-bond donors (Lipinski definition) is 2. The van der Waals surface area contributed by atoms with Gasteiger partial charge in [-0.25, -0.2) is 8.78 Å². The first-order chi connectivity index (χ1) is 9.86. The summed E-state index contributed by atoms with van der Waals surface area (Å²) in [5.74, 6) is -1.14. The predicted molar refractivity (Wildman–Crippen MR) is 81.5 cm³/mol. The fraction of sp³-hybridized carbons (Fsp3) is 0.533. The van der Waals surface area contributed by atoms with Crippen molar-refractivity contribution in [2.45, 2.75) is 32.4 Å².